The van der Waals surface area contributed by atoms with Gasteiger partial charge in [-0.15, -0.1) is 0 Å². The lowest BCUT2D eigenvalue weighted by molar-refractivity contribution is -0.138. The van der Waals surface area contributed by atoms with Crippen LogP contribution in [0, 0.1) is 23.2 Å². The van der Waals surface area contributed by atoms with Crippen LogP contribution in [0.1, 0.15) is 44.1 Å². The van der Waals surface area contributed by atoms with Gasteiger partial charge in [-0.25, -0.2) is 0 Å². The number of ketones is 1. The largest absolute Gasteiger partial charge is 0.294 e. The third-order valence-corrected chi connectivity index (χ3v) is 6.01. The van der Waals surface area contributed by atoms with E-state index < -0.39 is 0 Å². The third kappa shape index (κ3) is 2.58. The molecule has 1 aromatic rings. The second kappa shape index (κ2) is 5.53. The minimum Gasteiger partial charge on any atom is -0.294 e. The molecule has 4 aliphatic carbocycles. The van der Waals surface area contributed by atoms with E-state index in [1.807, 2.05) is 36.4 Å². The normalized spacial score (nSPS) is 36.5. The molecule has 0 amide bonds. The van der Waals surface area contributed by atoms with E-state index in [1.54, 1.807) is 0 Å². The zero-order chi connectivity index (χ0) is 15.0. The molecule has 0 N–H and O–H groups in total. The number of carbonyl (C=O) groups is 1. The predicted molar refractivity (Wildman–Crippen MR) is 90.2 cm³/mol. The first-order valence-electron chi connectivity index (χ1n) is 8.68. The topological polar surface area (TPSA) is 17.1 Å². The van der Waals surface area contributed by atoms with Crippen LogP contribution >= 0.6 is 0 Å². The van der Waals surface area contributed by atoms with Crippen molar-refractivity contribution in [3.05, 3.63) is 54.1 Å². The van der Waals surface area contributed by atoms with Crippen molar-refractivity contribution in [1.82, 2.24) is 0 Å². The van der Waals surface area contributed by atoms with Crippen LogP contribution in [0.15, 0.2) is 48.6 Å². The van der Waals surface area contributed by atoms with E-state index in [0.29, 0.717) is 5.78 Å². The number of hydrogen-bond donors (Lipinski definition) is 0. The number of benzene rings is 1. The lowest BCUT2D eigenvalue weighted by atomic mass is 9.48. The molecule has 22 heavy (non-hydrogen) atoms. The van der Waals surface area contributed by atoms with Crippen LogP contribution in [0.2, 0.25) is 0 Å². The highest BCUT2D eigenvalue weighted by Gasteiger charge is 2.53. The highest BCUT2D eigenvalue weighted by atomic mass is 16.1. The Bertz CT molecular complexity index is 573. The summed E-state index contributed by atoms with van der Waals surface area (Å²) in [6.07, 6.45) is 15.5. The quantitative estimate of drug-likeness (QED) is 0.561. The zero-order valence-corrected chi connectivity index (χ0v) is 13.1. The molecule has 4 saturated carbocycles. The highest BCUT2D eigenvalue weighted by Crippen LogP contribution is 2.60. The van der Waals surface area contributed by atoms with Crippen molar-refractivity contribution in [2.45, 2.75) is 38.5 Å². The summed E-state index contributed by atoms with van der Waals surface area (Å²) in [5.41, 5.74) is 1.18. The Morgan fingerprint density at radius 2 is 1.50 bits per heavy atom. The summed E-state index contributed by atoms with van der Waals surface area (Å²) in [6.45, 7) is 0. The maximum atomic E-state index is 12.8. The van der Waals surface area contributed by atoms with Crippen LogP contribution in [-0.4, -0.2) is 5.78 Å². The van der Waals surface area contributed by atoms with Crippen LogP contribution in [0.5, 0.6) is 0 Å². The summed E-state index contributed by atoms with van der Waals surface area (Å²) in [4.78, 5) is 12.8. The van der Waals surface area contributed by atoms with Crippen molar-refractivity contribution in [3.8, 4) is 0 Å². The summed E-state index contributed by atoms with van der Waals surface area (Å²) in [5.74, 6) is 2.90. The van der Waals surface area contributed by atoms with Gasteiger partial charge in [-0.05, 0) is 67.9 Å². The molecule has 4 bridgehead atoms. The molecule has 1 aromatic carbocycles. The van der Waals surface area contributed by atoms with Gasteiger partial charge in [-0.3, -0.25) is 4.79 Å². The Labute approximate surface area is 133 Å². The van der Waals surface area contributed by atoms with Crippen molar-refractivity contribution in [3.63, 3.8) is 0 Å². The van der Waals surface area contributed by atoms with E-state index in [2.05, 4.69) is 18.2 Å². The van der Waals surface area contributed by atoms with E-state index in [-0.39, 0.29) is 5.41 Å². The Hall–Kier alpha value is -1.63. The molecule has 114 valence electrons. The predicted octanol–water partition coefficient (Wildman–Crippen LogP) is 5.04. The molecule has 0 aromatic heterocycles. The molecule has 0 spiro atoms. The van der Waals surface area contributed by atoms with E-state index in [1.165, 1.54) is 24.8 Å². The monoisotopic (exact) mass is 292 g/mol. The average molecular weight is 292 g/mol. The van der Waals surface area contributed by atoms with Crippen molar-refractivity contribution >= 4 is 11.9 Å². The Morgan fingerprint density at radius 1 is 0.909 bits per heavy atom. The van der Waals surface area contributed by atoms with Crippen molar-refractivity contribution in [2.24, 2.45) is 23.2 Å². The summed E-state index contributed by atoms with van der Waals surface area (Å²) in [6, 6.07) is 10.2. The lowest BCUT2D eigenvalue weighted by Gasteiger charge is -2.55. The summed E-state index contributed by atoms with van der Waals surface area (Å²) in [5, 5.41) is 0. The highest BCUT2D eigenvalue weighted by molar-refractivity contribution is 5.95. The van der Waals surface area contributed by atoms with Crippen LogP contribution in [0.4, 0.5) is 0 Å². The molecule has 0 radical (unpaired) electrons. The third-order valence-electron chi connectivity index (χ3n) is 6.01. The van der Waals surface area contributed by atoms with Crippen molar-refractivity contribution in [1.29, 1.82) is 0 Å². The Balaban J connectivity index is 1.44. The minimum absolute atomic E-state index is 0.00579. The molecular weight excluding hydrogens is 268 g/mol. The summed E-state index contributed by atoms with van der Waals surface area (Å²) >= 11 is 0. The SMILES string of the molecule is O=C(/C=C/C=C/c1ccccc1)C12CC3CC(CC(C3)C1)C2. The maximum absolute atomic E-state index is 12.8. The molecule has 0 atom stereocenters. The van der Waals surface area contributed by atoms with Crippen LogP contribution in [-0.2, 0) is 4.79 Å². The minimum atomic E-state index is 0.00579. The fraction of sp³-hybridized carbons (Fsp3) is 0.476. The Kier molecular flexibility index (Phi) is 3.52. The smallest absolute Gasteiger partial charge is 0.161 e. The second-order valence-corrected chi connectivity index (χ2v) is 7.69. The van der Waals surface area contributed by atoms with Crippen LogP contribution in [0.25, 0.3) is 6.08 Å². The van der Waals surface area contributed by atoms with Crippen LogP contribution in [0.3, 0.4) is 0 Å². The first-order valence-corrected chi connectivity index (χ1v) is 8.68. The van der Waals surface area contributed by atoms with Gasteiger partial charge in [0.05, 0.1) is 0 Å². The van der Waals surface area contributed by atoms with Gasteiger partial charge in [0.1, 0.15) is 0 Å². The first kappa shape index (κ1) is 14.0. The zero-order valence-electron chi connectivity index (χ0n) is 13.1. The van der Waals surface area contributed by atoms with E-state index in [0.717, 1.165) is 37.0 Å². The maximum Gasteiger partial charge on any atom is 0.161 e. The first-order chi connectivity index (χ1) is 10.7. The van der Waals surface area contributed by atoms with Crippen LogP contribution < -0.4 is 0 Å². The average Bonchev–Trinajstić information content (AvgIpc) is 2.51. The van der Waals surface area contributed by atoms with Gasteiger partial charge in [0.25, 0.3) is 0 Å². The van der Waals surface area contributed by atoms with Gasteiger partial charge in [-0.1, -0.05) is 48.6 Å². The standard InChI is InChI=1S/C21H24O/c22-20(9-5-4-8-16-6-2-1-3-7-16)21-13-17-10-18(14-21)12-19(11-17)15-21/h1-9,17-19H,10-15H2/b8-4+,9-5+. The van der Waals surface area contributed by atoms with E-state index in [9.17, 15) is 4.79 Å². The van der Waals surface area contributed by atoms with E-state index >= 15 is 0 Å². The van der Waals surface area contributed by atoms with Gasteiger partial charge in [0.15, 0.2) is 5.78 Å². The molecule has 0 heterocycles. The molecule has 4 fully saturated rings. The van der Waals surface area contributed by atoms with Crippen molar-refractivity contribution in [2.75, 3.05) is 0 Å². The number of hydrogen-bond acceptors (Lipinski definition) is 1. The fourth-order valence-electron chi connectivity index (χ4n) is 5.46. The molecule has 0 saturated heterocycles. The number of allylic oxidation sites excluding steroid dienone is 3. The summed E-state index contributed by atoms with van der Waals surface area (Å²) < 4.78 is 0. The Morgan fingerprint density at radius 3 is 2.09 bits per heavy atom. The molecule has 1 heteroatoms. The second-order valence-electron chi connectivity index (χ2n) is 7.69. The number of carbonyl (C=O) groups excluding carboxylic acids is 1. The molecule has 1 nitrogen and oxygen atoms in total. The van der Waals surface area contributed by atoms with Gasteiger partial charge in [0, 0.05) is 5.41 Å². The lowest BCUT2D eigenvalue weighted by Crippen LogP contribution is -2.49. The molecule has 0 aliphatic heterocycles. The molecule has 4 aliphatic rings. The van der Waals surface area contributed by atoms with E-state index in [4.69, 9.17) is 0 Å². The van der Waals surface area contributed by atoms with Gasteiger partial charge < -0.3 is 0 Å². The van der Waals surface area contributed by atoms with Gasteiger partial charge in [-0.2, -0.15) is 0 Å². The number of rotatable bonds is 4. The van der Waals surface area contributed by atoms with Crippen molar-refractivity contribution < 1.29 is 4.79 Å². The molecule has 5 rings (SSSR count). The molecule has 0 unspecified atom stereocenters. The van der Waals surface area contributed by atoms with Gasteiger partial charge >= 0.3 is 0 Å². The van der Waals surface area contributed by atoms with Gasteiger partial charge in [0.2, 0.25) is 0 Å². The summed E-state index contributed by atoms with van der Waals surface area (Å²) in [7, 11) is 0. The fourth-order valence-corrected chi connectivity index (χ4v) is 5.46. The molecular formula is C21H24O.